The Labute approximate surface area is 122 Å². The molecular weight excluding hydrogens is 308 g/mol. The van der Waals surface area contributed by atoms with Gasteiger partial charge < -0.3 is 15.7 Å². The summed E-state index contributed by atoms with van der Waals surface area (Å²) in [5, 5.41) is 14.5. The van der Waals surface area contributed by atoms with Crippen LogP contribution in [0.3, 0.4) is 0 Å². The van der Waals surface area contributed by atoms with Gasteiger partial charge in [0, 0.05) is 23.3 Å². The summed E-state index contributed by atoms with van der Waals surface area (Å²) in [6, 6.07) is 3.73. The highest BCUT2D eigenvalue weighted by Crippen LogP contribution is 2.24. The molecule has 0 aliphatic heterocycles. The predicted octanol–water partition coefficient (Wildman–Crippen LogP) is 3.21. The second kappa shape index (κ2) is 7.50. The monoisotopic (exact) mass is 328 g/mol. The van der Waals surface area contributed by atoms with Gasteiger partial charge in [-0.3, -0.25) is 0 Å². The number of carbonyl (C=O) groups excluding carboxylic acids is 1. The lowest BCUT2D eigenvalue weighted by Crippen LogP contribution is -2.33. The third-order valence-electron chi connectivity index (χ3n) is 2.97. The molecule has 0 radical (unpaired) electrons. The van der Waals surface area contributed by atoms with Gasteiger partial charge in [-0.25, -0.2) is 4.79 Å². The van der Waals surface area contributed by atoms with Crippen LogP contribution in [-0.2, 0) is 0 Å². The van der Waals surface area contributed by atoms with E-state index in [4.69, 9.17) is 5.11 Å². The summed E-state index contributed by atoms with van der Waals surface area (Å²) < 4.78 is 1.00. The van der Waals surface area contributed by atoms with E-state index in [1.165, 1.54) is 0 Å². The molecule has 0 aliphatic rings. The quantitative estimate of drug-likeness (QED) is 0.777. The fourth-order valence-electron chi connectivity index (χ4n) is 1.85. The van der Waals surface area contributed by atoms with Gasteiger partial charge in [-0.1, -0.05) is 22.9 Å². The molecule has 3 N–H and O–H groups in total. The van der Waals surface area contributed by atoms with Crippen LogP contribution in [0.4, 0.5) is 10.5 Å². The Balaban J connectivity index is 2.58. The van der Waals surface area contributed by atoms with Gasteiger partial charge in [-0.2, -0.15) is 0 Å². The largest absolute Gasteiger partial charge is 0.396 e. The zero-order valence-corrected chi connectivity index (χ0v) is 13.2. The molecule has 0 aromatic heterocycles. The van der Waals surface area contributed by atoms with Gasteiger partial charge in [0.1, 0.15) is 0 Å². The van der Waals surface area contributed by atoms with Crippen LogP contribution in [0.25, 0.3) is 0 Å². The van der Waals surface area contributed by atoms with Gasteiger partial charge in [0.2, 0.25) is 0 Å². The van der Waals surface area contributed by atoms with E-state index >= 15 is 0 Å². The summed E-state index contributed by atoms with van der Waals surface area (Å²) in [7, 11) is 0. The normalized spacial score (nSPS) is 12.1. The zero-order chi connectivity index (χ0) is 14.4. The van der Waals surface area contributed by atoms with Crippen molar-refractivity contribution in [2.24, 2.45) is 5.92 Å². The molecule has 0 spiro atoms. The summed E-state index contributed by atoms with van der Waals surface area (Å²) in [5.41, 5.74) is 2.88. The molecule has 4 nitrogen and oxygen atoms in total. The van der Waals surface area contributed by atoms with Crippen LogP contribution in [0.15, 0.2) is 16.6 Å². The summed E-state index contributed by atoms with van der Waals surface area (Å²) in [5.74, 6) is 0.267. The van der Waals surface area contributed by atoms with Crippen LogP contribution in [0.5, 0.6) is 0 Å². The SMILES string of the molecule is Cc1cc(Br)cc(C)c1NC(=O)NCC(C)CCO. The molecule has 0 saturated heterocycles. The minimum atomic E-state index is -0.210. The molecule has 1 unspecified atom stereocenters. The smallest absolute Gasteiger partial charge is 0.319 e. The molecule has 2 amide bonds. The van der Waals surface area contributed by atoms with E-state index in [1.807, 2.05) is 32.9 Å². The van der Waals surface area contributed by atoms with Gasteiger partial charge >= 0.3 is 6.03 Å². The zero-order valence-electron chi connectivity index (χ0n) is 11.6. The van der Waals surface area contributed by atoms with E-state index in [0.29, 0.717) is 13.0 Å². The standard InChI is InChI=1S/C14H21BrN2O2/c1-9(4-5-18)8-16-14(19)17-13-10(2)6-12(15)7-11(13)3/h6-7,9,18H,4-5,8H2,1-3H3,(H2,16,17,19). The van der Waals surface area contributed by atoms with Crippen molar-refractivity contribution in [3.63, 3.8) is 0 Å². The van der Waals surface area contributed by atoms with E-state index in [9.17, 15) is 4.79 Å². The predicted molar refractivity (Wildman–Crippen MR) is 81.5 cm³/mol. The topological polar surface area (TPSA) is 61.4 Å². The van der Waals surface area contributed by atoms with Gasteiger partial charge in [0.05, 0.1) is 0 Å². The van der Waals surface area contributed by atoms with Crippen LogP contribution in [0, 0.1) is 19.8 Å². The van der Waals surface area contributed by atoms with Crippen LogP contribution in [-0.4, -0.2) is 24.3 Å². The Morgan fingerprint density at radius 2 is 1.95 bits per heavy atom. The molecule has 0 bridgehead atoms. The molecule has 106 valence electrons. The number of urea groups is 1. The molecular formula is C14H21BrN2O2. The van der Waals surface area contributed by atoms with Crippen LogP contribution >= 0.6 is 15.9 Å². The number of aliphatic hydroxyl groups is 1. The Morgan fingerprint density at radius 1 is 1.37 bits per heavy atom. The van der Waals surface area contributed by atoms with Crippen molar-refractivity contribution >= 4 is 27.6 Å². The molecule has 1 aromatic rings. The number of hydrogen-bond donors (Lipinski definition) is 3. The van der Waals surface area contributed by atoms with Crippen LogP contribution in [0.1, 0.15) is 24.5 Å². The molecule has 0 aliphatic carbocycles. The number of aryl methyl sites for hydroxylation is 2. The number of nitrogens with one attached hydrogen (secondary N) is 2. The van der Waals surface area contributed by atoms with Gasteiger partial charge in [-0.15, -0.1) is 0 Å². The first-order valence-electron chi connectivity index (χ1n) is 6.36. The van der Waals surface area contributed by atoms with Crippen molar-refractivity contribution in [3.05, 3.63) is 27.7 Å². The molecule has 1 atom stereocenters. The first kappa shape index (κ1) is 16.0. The molecule has 1 aromatic carbocycles. The average Bonchev–Trinajstić information content (AvgIpc) is 2.31. The summed E-state index contributed by atoms with van der Waals surface area (Å²) in [6.07, 6.45) is 0.691. The van der Waals surface area contributed by atoms with Crippen molar-refractivity contribution in [2.45, 2.75) is 27.2 Å². The fourth-order valence-corrected chi connectivity index (χ4v) is 2.54. The van der Waals surface area contributed by atoms with E-state index in [0.717, 1.165) is 21.3 Å². The van der Waals surface area contributed by atoms with Crippen molar-refractivity contribution in [2.75, 3.05) is 18.5 Å². The Hall–Kier alpha value is -1.07. The maximum absolute atomic E-state index is 11.8. The number of anilines is 1. The van der Waals surface area contributed by atoms with E-state index < -0.39 is 0 Å². The van der Waals surface area contributed by atoms with Crippen molar-refractivity contribution in [1.82, 2.24) is 5.32 Å². The van der Waals surface area contributed by atoms with Crippen LogP contribution in [0.2, 0.25) is 0 Å². The molecule has 1 rings (SSSR count). The number of hydrogen-bond acceptors (Lipinski definition) is 2. The average molecular weight is 329 g/mol. The first-order valence-corrected chi connectivity index (χ1v) is 7.15. The molecule has 19 heavy (non-hydrogen) atoms. The first-order chi connectivity index (χ1) is 8.93. The Bertz CT molecular complexity index is 426. The van der Waals surface area contributed by atoms with E-state index in [-0.39, 0.29) is 18.6 Å². The number of rotatable bonds is 5. The van der Waals surface area contributed by atoms with E-state index in [1.54, 1.807) is 0 Å². The number of halogens is 1. The number of carbonyl (C=O) groups is 1. The molecule has 0 fully saturated rings. The van der Waals surface area contributed by atoms with Gasteiger partial charge in [0.15, 0.2) is 0 Å². The minimum absolute atomic E-state index is 0.148. The molecule has 0 saturated carbocycles. The third kappa shape index (κ3) is 5.20. The van der Waals surface area contributed by atoms with Crippen molar-refractivity contribution < 1.29 is 9.90 Å². The third-order valence-corrected chi connectivity index (χ3v) is 3.43. The van der Waals surface area contributed by atoms with Crippen molar-refractivity contribution in [3.8, 4) is 0 Å². The highest BCUT2D eigenvalue weighted by atomic mass is 79.9. The molecule has 5 heteroatoms. The molecule has 0 heterocycles. The maximum atomic E-state index is 11.8. The second-order valence-corrected chi connectivity index (χ2v) is 5.78. The van der Waals surface area contributed by atoms with E-state index in [2.05, 4.69) is 26.6 Å². The minimum Gasteiger partial charge on any atom is -0.396 e. The number of amides is 2. The van der Waals surface area contributed by atoms with Crippen molar-refractivity contribution in [1.29, 1.82) is 0 Å². The van der Waals surface area contributed by atoms with Crippen LogP contribution < -0.4 is 10.6 Å². The summed E-state index contributed by atoms with van der Waals surface area (Å²) >= 11 is 3.43. The number of benzene rings is 1. The lowest BCUT2D eigenvalue weighted by molar-refractivity contribution is 0.243. The highest BCUT2D eigenvalue weighted by molar-refractivity contribution is 9.10. The Kier molecular flexibility index (Phi) is 6.31. The number of aliphatic hydroxyl groups excluding tert-OH is 1. The fraction of sp³-hybridized carbons (Fsp3) is 0.500. The maximum Gasteiger partial charge on any atom is 0.319 e. The second-order valence-electron chi connectivity index (χ2n) is 4.87. The lowest BCUT2D eigenvalue weighted by Gasteiger charge is -2.15. The van der Waals surface area contributed by atoms with Gasteiger partial charge in [0.25, 0.3) is 0 Å². The van der Waals surface area contributed by atoms with Gasteiger partial charge in [-0.05, 0) is 49.4 Å². The Morgan fingerprint density at radius 3 is 2.47 bits per heavy atom. The lowest BCUT2D eigenvalue weighted by atomic mass is 10.1. The summed E-state index contributed by atoms with van der Waals surface area (Å²) in [6.45, 7) is 6.62. The highest BCUT2D eigenvalue weighted by Gasteiger charge is 2.09. The summed E-state index contributed by atoms with van der Waals surface area (Å²) in [4.78, 5) is 11.8.